The quantitative estimate of drug-likeness (QED) is 0.364. The predicted molar refractivity (Wildman–Crippen MR) is 122 cm³/mol. The zero-order chi connectivity index (χ0) is 20.7. The maximum Gasteiger partial charge on any atom is 0.196 e. The number of aryl methyl sites for hydroxylation is 1. The molecule has 2 aliphatic carbocycles. The van der Waals surface area contributed by atoms with Crippen molar-refractivity contribution in [2.75, 3.05) is 0 Å². The molecule has 1 saturated carbocycles. The largest absolute Gasteiger partial charge is 0.288 e. The van der Waals surface area contributed by atoms with Gasteiger partial charge in [0.2, 0.25) is 0 Å². The third kappa shape index (κ3) is 2.22. The van der Waals surface area contributed by atoms with Gasteiger partial charge in [-0.05, 0) is 23.8 Å². The molecule has 2 aliphatic rings. The number of hydrogen-bond acceptors (Lipinski definition) is 3. The second-order valence-electron chi connectivity index (χ2n) is 8.60. The highest BCUT2D eigenvalue weighted by Gasteiger charge is 2.36. The summed E-state index contributed by atoms with van der Waals surface area (Å²) < 4.78 is 1.89. The summed E-state index contributed by atoms with van der Waals surface area (Å²) in [6.45, 7) is 0. The van der Waals surface area contributed by atoms with Crippen LogP contribution in [0.5, 0.6) is 0 Å². The van der Waals surface area contributed by atoms with Gasteiger partial charge < -0.3 is 0 Å². The molecule has 0 bridgehead atoms. The number of carbonyl (C=O) groups excluding carboxylic acids is 1. The molecule has 0 amide bonds. The number of nitrogens with zero attached hydrogens (tertiary/aromatic N) is 3. The minimum Gasteiger partial charge on any atom is -0.288 e. The lowest BCUT2D eigenvalue weighted by Gasteiger charge is -2.23. The van der Waals surface area contributed by atoms with Gasteiger partial charge in [0.25, 0.3) is 0 Å². The van der Waals surface area contributed by atoms with E-state index < -0.39 is 0 Å². The molecule has 2 aromatic heterocycles. The smallest absolute Gasteiger partial charge is 0.196 e. The van der Waals surface area contributed by atoms with Crippen LogP contribution in [0.1, 0.15) is 40.4 Å². The van der Waals surface area contributed by atoms with Gasteiger partial charge in [0.1, 0.15) is 0 Å². The first kappa shape index (κ1) is 16.9. The molecule has 1 fully saturated rings. The highest BCUT2D eigenvalue weighted by atomic mass is 16.1. The van der Waals surface area contributed by atoms with Gasteiger partial charge in [-0.15, -0.1) is 0 Å². The number of hydrogen-bond donors (Lipinski definition) is 0. The summed E-state index contributed by atoms with van der Waals surface area (Å²) >= 11 is 0. The van der Waals surface area contributed by atoms with Crippen LogP contribution in [0.2, 0.25) is 0 Å². The first-order valence-corrected chi connectivity index (χ1v) is 10.7. The Bertz CT molecular complexity index is 1550. The monoisotopic (exact) mass is 401 g/mol. The van der Waals surface area contributed by atoms with Crippen molar-refractivity contribution in [3.63, 3.8) is 0 Å². The Hall–Kier alpha value is -3.79. The average Bonchev–Trinajstić information content (AvgIpc) is 3.60. The third-order valence-corrected chi connectivity index (χ3v) is 6.66. The summed E-state index contributed by atoms with van der Waals surface area (Å²) in [4.78, 5) is 19.0. The fourth-order valence-corrected chi connectivity index (χ4v) is 5.12. The Morgan fingerprint density at radius 1 is 0.839 bits per heavy atom. The molecule has 0 saturated heterocycles. The fourth-order valence-electron chi connectivity index (χ4n) is 5.12. The number of aromatic nitrogens is 3. The second-order valence-corrected chi connectivity index (χ2v) is 8.60. The maximum atomic E-state index is 14.0. The summed E-state index contributed by atoms with van der Waals surface area (Å²) in [7, 11) is 1.96. The van der Waals surface area contributed by atoms with Crippen molar-refractivity contribution in [1.29, 1.82) is 0 Å². The van der Waals surface area contributed by atoms with Crippen LogP contribution >= 0.6 is 0 Å². The molecule has 0 spiro atoms. The number of benzene rings is 3. The Kier molecular flexibility index (Phi) is 3.22. The molecular formula is C27H19N3O. The number of carbonyl (C=O) groups is 1. The highest BCUT2D eigenvalue weighted by Crippen LogP contribution is 2.50. The van der Waals surface area contributed by atoms with E-state index in [9.17, 15) is 4.79 Å². The van der Waals surface area contributed by atoms with Crippen LogP contribution in [0.25, 0.3) is 44.2 Å². The zero-order valence-corrected chi connectivity index (χ0v) is 17.1. The van der Waals surface area contributed by atoms with Gasteiger partial charge in [-0.3, -0.25) is 9.48 Å². The highest BCUT2D eigenvalue weighted by molar-refractivity contribution is 6.30. The number of pyridine rings is 1. The van der Waals surface area contributed by atoms with E-state index in [1.165, 1.54) is 0 Å². The lowest BCUT2D eigenvalue weighted by Crippen LogP contribution is -2.13. The van der Waals surface area contributed by atoms with Crippen molar-refractivity contribution < 1.29 is 4.79 Å². The Balaban J connectivity index is 1.73. The van der Waals surface area contributed by atoms with E-state index in [-0.39, 0.29) is 5.78 Å². The third-order valence-electron chi connectivity index (χ3n) is 6.66. The standard InChI is InChI=1S/C27H19N3O/c1-30-27-23(25(29-30)17-13-14-17)21-18-11-5-9-15-10-6-12-19(20(15)18)26(31)22(21)24(28-27)16-7-3-2-4-8-16/h2-12,17H,13-14H2,1H3. The van der Waals surface area contributed by atoms with Crippen LogP contribution in [-0.4, -0.2) is 20.5 Å². The summed E-state index contributed by atoms with van der Waals surface area (Å²) in [5.41, 5.74) is 7.22. The van der Waals surface area contributed by atoms with E-state index in [1.54, 1.807) is 0 Å². The van der Waals surface area contributed by atoms with Gasteiger partial charge in [-0.25, -0.2) is 4.98 Å². The molecule has 0 N–H and O–H groups in total. The molecule has 5 aromatic rings. The molecule has 148 valence electrons. The molecule has 0 atom stereocenters. The van der Waals surface area contributed by atoms with Crippen molar-refractivity contribution in [3.05, 3.63) is 83.6 Å². The number of fused-ring (bicyclic) bond motifs is 4. The van der Waals surface area contributed by atoms with Crippen molar-refractivity contribution >= 4 is 27.6 Å². The topological polar surface area (TPSA) is 47.8 Å². The van der Waals surface area contributed by atoms with Crippen LogP contribution in [0.3, 0.4) is 0 Å². The molecule has 0 unspecified atom stereocenters. The summed E-state index contributed by atoms with van der Waals surface area (Å²) in [5.74, 6) is 0.516. The lowest BCUT2D eigenvalue weighted by atomic mass is 9.79. The van der Waals surface area contributed by atoms with E-state index >= 15 is 0 Å². The van der Waals surface area contributed by atoms with Crippen molar-refractivity contribution in [2.45, 2.75) is 18.8 Å². The lowest BCUT2D eigenvalue weighted by molar-refractivity contribution is 0.104. The van der Waals surface area contributed by atoms with Gasteiger partial charge in [0.05, 0.1) is 22.3 Å². The van der Waals surface area contributed by atoms with Crippen LogP contribution in [0.4, 0.5) is 0 Å². The summed E-state index contributed by atoms with van der Waals surface area (Å²) in [6, 6.07) is 22.4. The molecule has 3 aromatic carbocycles. The Morgan fingerprint density at radius 3 is 2.32 bits per heavy atom. The maximum absolute atomic E-state index is 14.0. The van der Waals surface area contributed by atoms with Crippen LogP contribution in [0, 0.1) is 0 Å². The molecule has 0 aliphatic heterocycles. The minimum atomic E-state index is 0.0538. The molecule has 4 nitrogen and oxygen atoms in total. The minimum absolute atomic E-state index is 0.0538. The van der Waals surface area contributed by atoms with Gasteiger partial charge >= 0.3 is 0 Å². The predicted octanol–water partition coefficient (Wildman–Crippen LogP) is 5.88. The van der Waals surface area contributed by atoms with E-state index in [0.717, 1.165) is 68.3 Å². The van der Waals surface area contributed by atoms with Crippen LogP contribution in [0.15, 0.2) is 66.7 Å². The Morgan fingerprint density at radius 2 is 1.58 bits per heavy atom. The zero-order valence-electron chi connectivity index (χ0n) is 17.1. The number of rotatable bonds is 2. The van der Waals surface area contributed by atoms with Crippen molar-refractivity contribution in [3.8, 4) is 22.4 Å². The first-order chi connectivity index (χ1) is 15.2. The van der Waals surface area contributed by atoms with Gasteiger partial charge in [-0.2, -0.15) is 5.10 Å². The Labute approximate surface area is 179 Å². The summed E-state index contributed by atoms with van der Waals surface area (Å²) in [5, 5.41) is 8.07. The van der Waals surface area contributed by atoms with E-state index in [1.807, 2.05) is 54.2 Å². The van der Waals surface area contributed by atoms with Gasteiger partial charge in [-0.1, -0.05) is 66.7 Å². The van der Waals surface area contributed by atoms with Crippen LogP contribution in [-0.2, 0) is 7.05 Å². The van der Waals surface area contributed by atoms with Gasteiger partial charge in [0, 0.05) is 35.0 Å². The normalized spacial score (nSPS) is 14.9. The fraction of sp³-hybridized carbons (Fsp3) is 0.148. The molecule has 2 heterocycles. The molecule has 7 rings (SSSR count). The van der Waals surface area contributed by atoms with Crippen molar-refractivity contribution in [1.82, 2.24) is 14.8 Å². The molecule has 0 radical (unpaired) electrons. The second kappa shape index (κ2) is 5.88. The molecule has 31 heavy (non-hydrogen) atoms. The van der Waals surface area contributed by atoms with E-state index in [0.29, 0.717) is 11.5 Å². The summed E-state index contributed by atoms with van der Waals surface area (Å²) in [6.07, 6.45) is 2.30. The number of ketones is 1. The van der Waals surface area contributed by atoms with Crippen LogP contribution < -0.4 is 0 Å². The SMILES string of the molecule is Cn1nc(C2CC2)c2c3c(c(-c4ccccc4)nc21)C(=O)c1cccc2cccc-3c12. The van der Waals surface area contributed by atoms with E-state index in [2.05, 4.69) is 24.3 Å². The first-order valence-electron chi connectivity index (χ1n) is 10.7. The molecule has 4 heteroatoms. The van der Waals surface area contributed by atoms with Crippen molar-refractivity contribution in [2.24, 2.45) is 7.05 Å². The van der Waals surface area contributed by atoms with E-state index in [4.69, 9.17) is 10.1 Å². The van der Waals surface area contributed by atoms with Gasteiger partial charge in [0.15, 0.2) is 11.4 Å². The molecular weight excluding hydrogens is 382 g/mol. The average molecular weight is 401 g/mol.